The monoisotopic (exact) mass is 378 g/mol. The lowest BCUT2D eigenvalue weighted by Crippen LogP contribution is -2.34. The van der Waals surface area contributed by atoms with Crippen LogP contribution in [0, 0.1) is 17.0 Å². The van der Waals surface area contributed by atoms with E-state index in [0.29, 0.717) is 35.2 Å². The van der Waals surface area contributed by atoms with Crippen molar-refractivity contribution in [3.8, 4) is 11.5 Å². The van der Waals surface area contributed by atoms with E-state index in [-0.39, 0.29) is 18.2 Å². The molecule has 0 aliphatic carbocycles. The highest BCUT2D eigenvalue weighted by molar-refractivity contribution is 6.30. The first kappa shape index (κ1) is 19.5. The van der Waals surface area contributed by atoms with Crippen molar-refractivity contribution in [1.29, 1.82) is 0 Å². The molecule has 8 heteroatoms. The number of benzene rings is 2. The van der Waals surface area contributed by atoms with Crippen molar-refractivity contribution >= 4 is 23.2 Å². The van der Waals surface area contributed by atoms with Crippen LogP contribution in [0.25, 0.3) is 0 Å². The predicted octanol–water partition coefficient (Wildman–Crippen LogP) is 3.47. The first-order valence-corrected chi connectivity index (χ1v) is 8.25. The van der Waals surface area contributed by atoms with Crippen LogP contribution >= 0.6 is 11.6 Å². The molecule has 0 spiro atoms. The highest BCUT2D eigenvalue weighted by atomic mass is 35.5. The molecule has 0 saturated carbocycles. The molecular weight excluding hydrogens is 360 g/mol. The number of carbonyl (C=O) groups excluding carboxylic acids is 1. The van der Waals surface area contributed by atoms with Crippen molar-refractivity contribution in [1.82, 2.24) is 4.90 Å². The van der Waals surface area contributed by atoms with Crippen LogP contribution in [0.3, 0.4) is 0 Å². The molecule has 0 aliphatic heterocycles. The molecule has 0 heterocycles. The molecule has 0 bridgehead atoms. The Labute approximate surface area is 156 Å². The molecule has 0 atom stereocenters. The summed E-state index contributed by atoms with van der Waals surface area (Å²) in [5.41, 5.74) is 0.491. The molecule has 2 aromatic rings. The summed E-state index contributed by atoms with van der Waals surface area (Å²) in [5.74, 6) is 0.862. The number of aryl methyl sites for hydroxylation is 1. The van der Waals surface area contributed by atoms with Gasteiger partial charge < -0.3 is 14.4 Å². The number of hydrogen-bond acceptors (Lipinski definition) is 5. The van der Waals surface area contributed by atoms with Crippen LogP contribution in [-0.2, 0) is 4.79 Å². The van der Waals surface area contributed by atoms with Gasteiger partial charge in [-0.3, -0.25) is 14.9 Å². The number of nitro benzene ring substituents is 1. The van der Waals surface area contributed by atoms with Crippen LogP contribution in [0.15, 0.2) is 42.5 Å². The topological polar surface area (TPSA) is 81.9 Å². The van der Waals surface area contributed by atoms with Gasteiger partial charge in [0, 0.05) is 23.7 Å². The summed E-state index contributed by atoms with van der Waals surface area (Å²) in [6, 6.07) is 11.3. The molecule has 138 valence electrons. The Morgan fingerprint density at radius 2 is 1.81 bits per heavy atom. The standard InChI is InChI=1S/C18H19ClN2O5/c1-13-11-16(7-8-17(13)21(23)24)26-12-18(22)20(2)9-10-25-15-5-3-14(19)4-6-15/h3-8,11H,9-10,12H2,1-2H3. The summed E-state index contributed by atoms with van der Waals surface area (Å²) < 4.78 is 11.0. The molecule has 0 radical (unpaired) electrons. The fourth-order valence-corrected chi connectivity index (χ4v) is 2.26. The van der Waals surface area contributed by atoms with Crippen LogP contribution in [0.1, 0.15) is 5.56 Å². The summed E-state index contributed by atoms with van der Waals surface area (Å²) in [6.07, 6.45) is 0. The minimum atomic E-state index is -0.460. The van der Waals surface area contributed by atoms with Crippen molar-refractivity contribution in [3.63, 3.8) is 0 Å². The molecule has 0 aliphatic rings. The van der Waals surface area contributed by atoms with Crippen LogP contribution in [0.5, 0.6) is 11.5 Å². The molecule has 0 fully saturated rings. The molecule has 7 nitrogen and oxygen atoms in total. The third-order valence-corrected chi connectivity index (χ3v) is 3.91. The maximum Gasteiger partial charge on any atom is 0.272 e. The Bertz CT molecular complexity index is 780. The van der Waals surface area contributed by atoms with E-state index in [1.165, 1.54) is 23.1 Å². The van der Waals surface area contributed by atoms with Crippen LogP contribution in [0.2, 0.25) is 5.02 Å². The van der Waals surface area contributed by atoms with E-state index in [1.54, 1.807) is 38.2 Å². The zero-order valence-electron chi connectivity index (χ0n) is 14.5. The van der Waals surface area contributed by atoms with Gasteiger partial charge in [-0.15, -0.1) is 0 Å². The highest BCUT2D eigenvalue weighted by Crippen LogP contribution is 2.23. The first-order chi connectivity index (χ1) is 12.4. The number of ether oxygens (including phenoxy) is 2. The van der Waals surface area contributed by atoms with Gasteiger partial charge in [0.15, 0.2) is 6.61 Å². The number of halogens is 1. The lowest BCUT2D eigenvalue weighted by atomic mass is 10.2. The van der Waals surface area contributed by atoms with Gasteiger partial charge in [-0.25, -0.2) is 0 Å². The van der Waals surface area contributed by atoms with E-state index in [0.717, 1.165) is 0 Å². The number of rotatable bonds is 8. The normalized spacial score (nSPS) is 10.3. The molecule has 0 N–H and O–H groups in total. The van der Waals surface area contributed by atoms with Crippen molar-refractivity contribution in [2.24, 2.45) is 0 Å². The van der Waals surface area contributed by atoms with Gasteiger partial charge in [-0.1, -0.05) is 11.6 Å². The van der Waals surface area contributed by atoms with E-state index in [2.05, 4.69) is 0 Å². The van der Waals surface area contributed by atoms with Crippen molar-refractivity contribution in [2.45, 2.75) is 6.92 Å². The van der Waals surface area contributed by atoms with Gasteiger partial charge in [-0.05, 0) is 43.3 Å². The van der Waals surface area contributed by atoms with Gasteiger partial charge >= 0.3 is 0 Å². The average molecular weight is 379 g/mol. The van der Waals surface area contributed by atoms with Gasteiger partial charge in [0.2, 0.25) is 0 Å². The summed E-state index contributed by atoms with van der Waals surface area (Å²) >= 11 is 5.80. The molecule has 1 amide bonds. The Kier molecular flexibility index (Phi) is 6.80. The zero-order valence-corrected chi connectivity index (χ0v) is 15.2. The quantitative estimate of drug-likeness (QED) is 0.519. The van der Waals surface area contributed by atoms with E-state index >= 15 is 0 Å². The summed E-state index contributed by atoms with van der Waals surface area (Å²) in [5, 5.41) is 11.4. The second kappa shape index (κ2) is 9.05. The van der Waals surface area contributed by atoms with Gasteiger partial charge in [0.05, 0.1) is 11.5 Å². The fourth-order valence-electron chi connectivity index (χ4n) is 2.13. The molecule has 0 aromatic heterocycles. The molecule has 26 heavy (non-hydrogen) atoms. The molecule has 0 unspecified atom stereocenters. The van der Waals surface area contributed by atoms with E-state index < -0.39 is 4.92 Å². The third-order valence-electron chi connectivity index (χ3n) is 3.66. The maximum absolute atomic E-state index is 12.1. The summed E-state index contributed by atoms with van der Waals surface area (Å²) in [7, 11) is 1.65. The number of nitro groups is 1. The third kappa shape index (κ3) is 5.63. The van der Waals surface area contributed by atoms with E-state index in [9.17, 15) is 14.9 Å². The Balaban J connectivity index is 1.77. The first-order valence-electron chi connectivity index (χ1n) is 7.87. The molecule has 0 saturated heterocycles. The second-order valence-electron chi connectivity index (χ2n) is 5.61. The van der Waals surface area contributed by atoms with E-state index in [1.807, 2.05) is 0 Å². The highest BCUT2D eigenvalue weighted by Gasteiger charge is 2.13. The zero-order chi connectivity index (χ0) is 19.1. The average Bonchev–Trinajstić information content (AvgIpc) is 2.61. The SMILES string of the molecule is Cc1cc(OCC(=O)N(C)CCOc2ccc(Cl)cc2)ccc1[N+](=O)[O-]. The van der Waals surface area contributed by atoms with Gasteiger partial charge in [0.25, 0.3) is 11.6 Å². The van der Waals surface area contributed by atoms with Crippen LogP contribution in [-0.4, -0.2) is 42.5 Å². The lowest BCUT2D eigenvalue weighted by Gasteiger charge is -2.18. The molecule has 2 rings (SSSR count). The number of nitrogens with zero attached hydrogens (tertiary/aromatic N) is 2. The lowest BCUT2D eigenvalue weighted by molar-refractivity contribution is -0.385. The second-order valence-corrected chi connectivity index (χ2v) is 6.05. The molecular formula is C18H19ClN2O5. The predicted molar refractivity (Wildman–Crippen MR) is 97.9 cm³/mol. The Morgan fingerprint density at radius 3 is 2.42 bits per heavy atom. The Hall–Kier alpha value is -2.80. The number of carbonyl (C=O) groups is 1. The molecule has 2 aromatic carbocycles. The Morgan fingerprint density at radius 1 is 1.15 bits per heavy atom. The van der Waals surface area contributed by atoms with Gasteiger partial charge in [0.1, 0.15) is 18.1 Å². The fraction of sp³-hybridized carbons (Fsp3) is 0.278. The number of likely N-dealkylation sites (N-methyl/N-ethyl adjacent to an activating group) is 1. The minimum absolute atomic E-state index is 0.0140. The largest absolute Gasteiger partial charge is 0.492 e. The van der Waals surface area contributed by atoms with Crippen molar-refractivity contribution in [2.75, 3.05) is 26.8 Å². The van der Waals surface area contributed by atoms with Crippen molar-refractivity contribution in [3.05, 3.63) is 63.2 Å². The minimum Gasteiger partial charge on any atom is -0.492 e. The maximum atomic E-state index is 12.1. The smallest absolute Gasteiger partial charge is 0.272 e. The summed E-state index contributed by atoms with van der Waals surface area (Å²) in [6.45, 7) is 2.19. The number of amides is 1. The van der Waals surface area contributed by atoms with E-state index in [4.69, 9.17) is 21.1 Å². The van der Waals surface area contributed by atoms with Gasteiger partial charge in [-0.2, -0.15) is 0 Å². The van der Waals surface area contributed by atoms with Crippen LogP contribution in [0.4, 0.5) is 5.69 Å². The number of hydrogen-bond donors (Lipinski definition) is 0. The van der Waals surface area contributed by atoms with Crippen LogP contribution < -0.4 is 9.47 Å². The summed E-state index contributed by atoms with van der Waals surface area (Å²) in [4.78, 5) is 23.9. The van der Waals surface area contributed by atoms with Crippen molar-refractivity contribution < 1.29 is 19.2 Å².